The molecule has 47 heavy (non-hydrogen) atoms. The van der Waals surface area contributed by atoms with E-state index in [4.69, 9.17) is 11.6 Å². The summed E-state index contributed by atoms with van der Waals surface area (Å²) in [7, 11) is 0. The fourth-order valence-corrected chi connectivity index (χ4v) is 7.12. The Kier molecular flexibility index (Phi) is 11.1. The van der Waals surface area contributed by atoms with Crippen molar-refractivity contribution < 1.29 is 23.5 Å². The van der Waals surface area contributed by atoms with Crippen molar-refractivity contribution in [2.75, 3.05) is 44.2 Å². The van der Waals surface area contributed by atoms with Gasteiger partial charge in [-0.1, -0.05) is 54.4 Å². The predicted molar refractivity (Wildman–Crippen MR) is 180 cm³/mol. The molecule has 2 aromatic carbocycles. The van der Waals surface area contributed by atoms with E-state index in [0.29, 0.717) is 64.7 Å². The number of benzene rings is 2. The number of fused-ring (bicyclic) bond motifs is 1. The highest BCUT2D eigenvalue weighted by Gasteiger charge is 2.42. The lowest BCUT2D eigenvalue weighted by Crippen LogP contribution is -2.36. The molecule has 0 spiro atoms. The standard InChI is InChI=1S/C30H34ClN5O3.C6H10F2/c1-19-10-11-25(14-26(19)31)36(30(38)39)13-7-12-34-15-23-17-35(18-24(23)16-34)29(37)27-20(2)32-28(33-21(27)3)22-8-5-4-6-9-22;7-6(8)4-2-1-3-5-6/h4-6,8-11,14,23-24H,7,12-13,15-18H2,1-3H3,(H,38,39);1-5H2. The number of alkyl halides is 2. The zero-order valence-corrected chi connectivity index (χ0v) is 28.1. The van der Waals surface area contributed by atoms with Gasteiger partial charge in [-0.2, -0.15) is 0 Å². The van der Waals surface area contributed by atoms with Gasteiger partial charge in [0.15, 0.2) is 5.82 Å². The summed E-state index contributed by atoms with van der Waals surface area (Å²) in [5.41, 5.74) is 4.48. The second-order valence-corrected chi connectivity index (χ2v) is 13.5. The van der Waals surface area contributed by atoms with Gasteiger partial charge in [0.05, 0.1) is 17.0 Å². The maximum atomic E-state index is 13.5. The van der Waals surface area contributed by atoms with Gasteiger partial charge in [-0.25, -0.2) is 23.5 Å². The molecule has 3 heterocycles. The molecule has 1 N–H and O–H groups in total. The number of aryl methyl sites for hydroxylation is 3. The SMILES string of the molecule is Cc1ccc(N(CCCN2CC3CN(C(=O)c4c(C)nc(-c5ccccc5)nc4C)CC3C2)C(=O)O)cc1Cl.FC1(F)CCCCC1. The number of likely N-dealkylation sites (tertiary alicyclic amines) is 2. The molecule has 2 atom stereocenters. The molecule has 1 aliphatic carbocycles. The summed E-state index contributed by atoms with van der Waals surface area (Å²) < 4.78 is 24.4. The summed E-state index contributed by atoms with van der Waals surface area (Å²) in [5.74, 6) is -0.823. The van der Waals surface area contributed by atoms with Crippen LogP contribution in [0.1, 0.15) is 65.8 Å². The Morgan fingerprint density at radius 2 is 1.55 bits per heavy atom. The molecule has 3 aromatic rings. The quantitative estimate of drug-likeness (QED) is 0.276. The van der Waals surface area contributed by atoms with E-state index in [1.807, 2.05) is 62.1 Å². The molecule has 2 amide bonds. The van der Waals surface area contributed by atoms with Crippen LogP contribution in [0.5, 0.6) is 0 Å². The lowest BCUT2D eigenvalue weighted by Gasteiger charge is -2.24. The number of halogens is 3. The third kappa shape index (κ3) is 8.65. The first kappa shape index (κ1) is 34.7. The Bertz CT molecular complexity index is 1530. The number of hydrogen-bond acceptors (Lipinski definition) is 5. The first-order valence-electron chi connectivity index (χ1n) is 16.5. The number of aromatic nitrogens is 2. The van der Waals surface area contributed by atoms with E-state index in [-0.39, 0.29) is 18.7 Å². The van der Waals surface area contributed by atoms with Crippen molar-refractivity contribution in [1.82, 2.24) is 19.8 Å². The molecular formula is C36H44ClF2N5O3. The van der Waals surface area contributed by atoms with E-state index in [9.17, 15) is 23.5 Å². The Hall–Kier alpha value is -3.63. The van der Waals surface area contributed by atoms with Crippen LogP contribution < -0.4 is 4.90 Å². The summed E-state index contributed by atoms with van der Waals surface area (Å²) in [4.78, 5) is 40.4. The maximum Gasteiger partial charge on any atom is 0.411 e. The van der Waals surface area contributed by atoms with Crippen LogP contribution in [0.3, 0.4) is 0 Å². The van der Waals surface area contributed by atoms with Gasteiger partial charge in [0.1, 0.15) is 0 Å². The third-order valence-corrected chi connectivity index (χ3v) is 9.91. The van der Waals surface area contributed by atoms with Crippen LogP contribution in [0.25, 0.3) is 11.4 Å². The summed E-state index contributed by atoms with van der Waals surface area (Å²) in [6, 6.07) is 15.2. The van der Waals surface area contributed by atoms with Crippen molar-refractivity contribution in [2.24, 2.45) is 11.8 Å². The van der Waals surface area contributed by atoms with Crippen molar-refractivity contribution in [3.05, 3.63) is 76.1 Å². The van der Waals surface area contributed by atoms with Crippen LogP contribution in [0, 0.1) is 32.6 Å². The fourth-order valence-electron chi connectivity index (χ4n) is 6.95. The van der Waals surface area contributed by atoms with Crippen molar-refractivity contribution in [3.63, 3.8) is 0 Å². The van der Waals surface area contributed by atoms with Crippen LogP contribution in [-0.2, 0) is 0 Å². The molecule has 6 rings (SSSR count). The summed E-state index contributed by atoms with van der Waals surface area (Å²) in [6.07, 6.45) is 2.41. The van der Waals surface area contributed by atoms with Gasteiger partial charge in [-0.05, 0) is 76.1 Å². The van der Waals surface area contributed by atoms with E-state index in [1.165, 1.54) is 4.90 Å². The van der Waals surface area contributed by atoms with E-state index in [2.05, 4.69) is 14.9 Å². The maximum absolute atomic E-state index is 13.5. The number of carboxylic acid groups (broad SMARTS) is 1. The minimum atomic E-state index is -2.32. The Balaban J connectivity index is 0.000000474. The van der Waals surface area contributed by atoms with Gasteiger partial charge in [0.2, 0.25) is 5.92 Å². The van der Waals surface area contributed by atoms with Crippen LogP contribution in [0.4, 0.5) is 19.3 Å². The topological polar surface area (TPSA) is 89.9 Å². The minimum Gasteiger partial charge on any atom is -0.465 e. The molecule has 2 saturated heterocycles. The molecule has 8 nitrogen and oxygen atoms in total. The van der Waals surface area contributed by atoms with Gasteiger partial charge in [0, 0.05) is 61.8 Å². The van der Waals surface area contributed by atoms with E-state index >= 15 is 0 Å². The summed E-state index contributed by atoms with van der Waals surface area (Å²) >= 11 is 6.21. The van der Waals surface area contributed by atoms with E-state index in [0.717, 1.165) is 56.7 Å². The number of rotatable bonds is 7. The molecule has 1 saturated carbocycles. The zero-order valence-electron chi connectivity index (χ0n) is 27.4. The lowest BCUT2D eigenvalue weighted by molar-refractivity contribution is -0.0337. The molecule has 11 heteroatoms. The predicted octanol–water partition coefficient (Wildman–Crippen LogP) is 7.89. The van der Waals surface area contributed by atoms with E-state index < -0.39 is 12.0 Å². The van der Waals surface area contributed by atoms with Gasteiger partial charge in [-0.15, -0.1) is 0 Å². The first-order valence-corrected chi connectivity index (χ1v) is 16.9. The highest BCUT2D eigenvalue weighted by atomic mass is 35.5. The Morgan fingerprint density at radius 1 is 0.936 bits per heavy atom. The highest BCUT2D eigenvalue weighted by molar-refractivity contribution is 6.31. The van der Waals surface area contributed by atoms with Crippen LogP contribution in [-0.4, -0.2) is 82.1 Å². The Labute approximate surface area is 280 Å². The average molecular weight is 668 g/mol. The summed E-state index contributed by atoms with van der Waals surface area (Å²) in [6.45, 7) is 10.2. The molecular weight excluding hydrogens is 624 g/mol. The first-order chi connectivity index (χ1) is 22.4. The Morgan fingerprint density at radius 3 is 2.09 bits per heavy atom. The molecule has 1 aromatic heterocycles. The van der Waals surface area contributed by atoms with Gasteiger partial charge < -0.3 is 14.9 Å². The fraction of sp³-hybridized carbons (Fsp3) is 0.500. The molecule has 2 aliphatic heterocycles. The third-order valence-electron chi connectivity index (χ3n) is 9.50. The molecule has 3 fully saturated rings. The van der Waals surface area contributed by atoms with Crippen LogP contribution in [0.2, 0.25) is 5.02 Å². The van der Waals surface area contributed by atoms with Crippen molar-refractivity contribution >= 4 is 29.3 Å². The number of carbonyl (C=O) groups is 2. The number of carbonyl (C=O) groups excluding carboxylic acids is 1. The lowest BCUT2D eigenvalue weighted by atomic mass is 9.97. The highest BCUT2D eigenvalue weighted by Crippen LogP contribution is 2.34. The zero-order chi connectivity index (χ0) is 33.7. The average Bonchev–Trinajstić information content (AvgIpc) is 3.60. The van der Waals surface area contributed by atoms with Crippen molar-refractivity contribution in [1.29, 1.82) is 0 Å². The van der Waals surface area contributed by atoms with Crippen molar-refractivity contribution in [2.45, 2.75) is 65.2 Å². The summed E-state index contributed by atoms with van der Waals surface area (Å²) in [5, 5.41) is 10.3. The second-order valence-electron chi connectivity index (χ2n) is 13.1. The number of anilines is 1. The molecule has 2 unspecified atom stereocenters. The van der Waals surface area contributed by atoms with Gasteiger partial charge in [-0.3, -0.25) is 9.69 Å². The molecule has 252 valence electrons. The second kappa shape index (κ2) is 15.1. The van der Waals surface area contributed by atoms with Crippen LogP contribution >= 0.6 is 11.6 Å². The monoisotopic (exact) mass is 667 g/mol. The van der Waals surface area contributed by atoms with Gasteiger partial charge >= 0.3 is 6.09 Å². The minimum absolute atomic E-state index is 0.0134. The number of nitrogens with zero attached hydrogens (tertiary/aromatic N) is 5. The molecule has 0 radical (unpaired) electrons. The van der Waals surface area contributed by atoms with Crippen molar-refractivity contribution in [3.8, 4) is 11.4 Å². The van der Waals surface area contributed by atoms with Crippen LogP contribution in [0.15, 0.2) is 48.5 Å². The molecule has 3 aliphatic rings. The smallest absolute Gasteiger partial charge is 0.411 e. The normalized spacial score (nSPS) is 20.3. The van der Waals surface area contributed by atoms with Gasteiger partial charge in [0.25, 0.3) is 5.91 Å². The van der Waals surface area contributed by atoms with E-state index in [1.54, 1.807) is 12.1 Å². The number of hydrogen-bond donors (Lipinski definition) is 1. The largest absolute Gasteiger partial charge is 0.465 e. The molecule has 0 bridgehead atoms. The number of amides is 2.